The van der Waals surface area contributed by atoms with Gasteiger partial charge in [0, 0.05) is 23.5 Å². The summed E-state index contributed by atoms with van der Waals surface area (Å²) >= 11 is 1.47. The van der Waals surface area contributed by atoms with Crippen molar-refractivity contribution in [2.24, 2.45) is 0 Å². The van der Waals surface area contributed by atoms with E-state index in [2.05, 4.69) is 0 Å². The molecule has 3 nitrogen and oxygen atoms in total. The molecular formula is C9H10O3S. The summed E-state index contributed by atoms with van der Waals surface area (Å²) < 4.78 is 0. The average Bonchev–Trinajstić information content (AvgIpc) is 2.56. The Balaban J connectivity index is 2.80. The van der Waals surface area contributed by atoms with Crippen LogP contribution in [0, 0.1) is 0 Å². The van der Waals surface area contributed by atoms with Gasteiger partial charge in [-0.25, -0.2) is 4.79 Å². The van der Waals surface area contributed by atoms with Crippen molar-refractivity contribution < 1.29 is 15.0 Å². The van der Waals surface area contributed by atoms with Crippen LogP contribution in [0.4, 0.5) is 0 Å². The van der Waals surface area contributed by atoms with Crippen LogP contribution in [0.1, 0.15) is 11.3 Å². The van der Waals surface area contributed by atoms with Crippen molar-refractivity contribution in [3.05, 3.63) is 28.0 Å². The molecule has 0 amide bonds. The first-order chi connectivity index (χ1) is 6.24. The summed E-state index contributed by atoms with van der Waals surface area (Å²) in [7, 11) is 0. The fraction of sp³-hybridized carbons (Fsp3) is 0.222. The maximum atomic E-state index is 10.6. The molecule has 0 atom stereocenters. The van der Waals surface area contributed by atoms with Gasteiger partial charge in [0.1, 0.15) is 0 Å². The zero-order chi connectivity index (χ0) is 9.68. The normalized spacial score (nSPS) is 11.6. The molecule has 2 N–H and O–H groups in total. The Morgan fingerprint density at radius 3 is 2.85 bits per heavy atom. The van der Waals surface area contributed by atoms with Crippen LogP contribution in [0.2, 0.25) is 0 Å². The molecule has 70 valence electrons. The fourth-order valence-electron chi connectivity index (χ4n) is 0.906. The minimum absolute atomic E-state index is 0.135. The maximum absolute atomic E-state index is 10.6. The van der Waals surface area contributed by atoms with Crippen molar-refractivity contribution in [3.63, 3.8) is 0 Å². The van der Waals surface area contributed by atoms with E-state index in [1.807, 2.05) is 17.5 Å². The third kappa shape index (κ3) is 3.01. The molecule has 1 aromatic rings. The van der Waals surface area contributed by atoms with Gasteiger partial charge in [-0.15, -0.1) is 11.3 Å². The summed E-state index contributed by atoms with van der Waals surface area (Å²) in [5.41, 5.74) is 0.241. The van der Waals surface area contributed by atoms with Crippen molar-refractivity contribution in [2.45, 2.75) is 6.42 Å². The Labute approximate surface area is 80.0 Å². The number of aliphatic carboxylic acids is 1. The highest BCUT2D eigenvalue weighted by Gasteiger charge is 2.06. The van der Waals surface area contributed by atoms with Crippen LogP contribution < -0.4 is 0 Å². The van der Waals surface area contributed by atoms with E-state index >= 15 is 0 Å². The van der Waals surface area contributed by atoms with Gasteiger partial charge < -0.3 is 10.2 Å². The number of hydrogen-bond donors (Lipinski definition) is 2. The van der Waals surface area contributed by atoms with Crippen LogP contribution >= 0.6 is 11.3 Å². The monoisotopic (exact) mass is 198 g/mol. The van der Waals surface area contributed by atoms with E-state index in [1.54, 1.807) is 6.08 Å². The van der Waals surface area contributed by atoms with Crippen LogP contribution in [0.15, 0.2) is 23.1 Å². The lowest BCUT2D eigenvalue weighted by molar-refractivity contribution is -0.132. The summed E-state index contributed by atoms with van der Waals surface area (Å²) in [4.78, 5) is 11.5. The number of aliphatic hydroxyl groups is 1. The van der Waals surface area contributed by atoms with Gasteiger partial charge in [-0.1, -0.05) is 6.07 Å². The second kappa shape index (κ2) is 4.79. The topological polar surface area (TPSA) is 57.5 Å². The van der Waals surface area contributed by atoms with Gasteiger partial charge in [0.05, 0.1) is 0 Å². The number of carboxylic acid groups (broad SMARTS) is 1. The molecule has 0 aromatic carbocycles. The van der Waals surface area contributed by atoms with Crippen molar-refractivity contribution in [2.75, 3.05) is 6.61 Å². The largest absolute Gasteiger partial charge is 0.478 e. The Morgan fingerprint density at radius 2 is 2.38 bits per heavy atom. The van der Waals surface area contributed by atoms with E-state index in [0.29, 0.717) is 0 Å². The first-order valence-corrected chi connectivity index (χ1v) is 4.70. The molecular weight excluding hydrogens is 188 g/mol. The van der Waals surface area contributed by atoms with Gasteiger partial charge in [0.2, 0.25) is 0 Å². The van der Waals surface area contributed by atoms with E-state index in [4.69, 9.17) is 10.2 Å². The molecule has 0 aliphatic rings. The molecule has 0 unspecified atom stereocenters. The summed E-state index contributed by atoms with van der Waals surface area (Å²) in [6.07, 6.45) is 1.77. The number of thiophene rings is 1. The molecule has 1 heterocycles. The summed E-state index contributed by atoms with van der Waals surface area (Å²) in [6, 6.07) is 3.69. The quantitative estimate of drug-likeness (QED) is 0.722. The first kappa shape index (κ1) is 9.95. The Bertz CT molecular complexity index is 301. The predicted octanol–water partition coefficient (Wildman–Crippen LogP) is 1.60. The van der Waals surface area contributed by atoms with Gasteiger partial charge in [0.15, 0.2) is 0 Å². The standard InChI is InChI=1S/C9H10O3S/c10-4-3-7(9(11)12)6-8-2-1-5-13-8/h1-2,5-6,10H,3-4H2,(H,11,12). The molecule has 0 spiro atoms. The van der Waals surface area contributed by atoms with Gasteiger partial charge in [-0.3, -0.25) is 0 Å². The Hall–Kier alpha value is -1.13. The van der Waals surface area contributed by atoms with Crippen molar-refractivity contribution in [1.29, 1.82) is 0 Å². The second-order valence-electron chi connectivity index (χ2n) is 2.46. The van der Waals surface area contributed by atoms with Crippen LogP contribution in [0.5, 0.6) is 0 Å². The van der Waals surface area contributed by atoms with E-state index in [1.165, 1.54) is 11.3 Å². The molecule has 0 fully saturated rings. The van der Waals surface area contributed by atoms with Gasteiger partial charge in [0.25, 0.3) is 0 Å². The molecule has 1 rings (SSSR count). The van der Waals surface area contributed by atoms with E-state index < -0.39 is 5.97 Å². The van der Waals surface area contributed by atoms with E-state index in [0.717, 1.165) is 4.88 Å². The second-order valence-corrected chi connectivity index (χ2v) is 3.44. The average molecular weight is 198 g/mol. The zero-order valence-corrected chi connectivity index (χ0v) is 7.75. The number of aliphatic hydroxyl groups excluding tert-OH is 1. The molecule has 1 aromatic heterocycles. The summed E-state index contributed by atoms with van der Waals surface area (Å²) in [5.74, 6) is -0.970. The molecule has 0 radical (unpaired) electrons. The highest BCUT2D eigenvalue weighted by Crippen LogP contribution is 2.15. The maximum Gasteiger partial charge on any atom is 0.331 e. The van der Waals surface area contributed by atoms with Gasteiger partial charge >= 0.3 is 5.97 Å². The third-order valence-corrected chi connectivity index (χ3v) is 2.33. The number of hydrogen-bond acceptors (Lipinski definition) is 3. The predicted molar refractivity (Wildman–Crippen MR) is 51.6 cm³/mol. The highest BCUT2D eigenvalue weighted by atomic mass is 32.1. The number of carboxylic acids is 1. The molecule has 0 aliphatic carbocycles. The van der Waals surface area contributed by atoms with Crippen LogP contribution in [-0.4, -0.2) is 22.8 Å². The van der Waals surface area contributed by atoms with Crippen LogP contribution in [0.25, 0.3) is 6.08 Å². The number of carbonyl (C=O) groups is 1. The molecule has 0 bridgehead atoms. The van der Waals surface area contributed by atoms with Crippen molar-refractivity contribution >= 4 is 23.4 Å². The van der Waals surface area contributed by atoms with Crippen LogP contribution in [0.3, 0.4) is 0 Å². The molecule has 13 heavy (non-hydrogen) atoms. The van der Waals surface area contributed by atoms with Crippen LogP contribution in [-0.2, 0) is 4.79 Å². The lowest BCUT2D eigenvalue weighted by atomic mass is 10.2. The lowest BCUT2D eigenvalue weighted by Crippen LogP contribution is -2.02. The Kier molecular flexibility index (Phi) is 3.67. The molecule has 0 saturated heterocycles. The third-order valence-electron chi connectivity index (χ3n) is 1.52. The zero-order valence-electron chi connectivity index (χ0n) is 6.93. The minimum atomic E-state index is -0.970. The van der Waals surface area contributed by atoms with E-state index in [9.17, 15) is 4.79 Å². The molecule has 4 heteroatoms. The SMILES string of the molecule is O=C(O)C(=Cc1cccs1)CCO. The number of rotatable bonds is 4. The van der Waals surface area contributed by atoms with Gasteiger partial charge in [-0.05, 0) is 17.5 Å². The fourth-order valence-corrected chi connectivity index (χ4v) is 1.59. The van der Waals surface area contributed by atoms with Crippen molar-refractivity contribution in [1.82, 2.24) is 0 Å². The Morgan fingerprint density at radius 1 is 1.62 bits per heavy atom. The minimum Gasteiger partial charge on any atom is -0.478 e. The molecule has 0 saturated carbocycles. The van der Waals surface area contributed by atoms with Crippen molar-refractivity contribution in [3.8, 4) is 0 Å². The summed E-state index contributed by atoms with van der Waals surface area (Å²) in [6.45, 7) is -0.135. The lowest BCUT2D eigenvalue weighted by Gasteiger charge is -1.97. The highest BCUT2D eigenvalue weighted by molar-refractivity contribution is 7.10. The van der Waals surface area contributed by atoms with Gasteiger partial charge in [-0.2, -0.15) is 0 Å². The molecule has 0 aliphatic heterocycles. The first-order valence-electron chi connectivity index (χ1n) is 3.82. The smallest absolute Gasteiger partial charge is 0.331 e. The summed E-state index contributed by atoms with van der Waals surface area (Å²) in [5, 5.41) is 19.2. The van der Waals surface area contributed by atoms with E-state index in [-0.39, 0.29) is 18.6 Å².